The van der Waals surface area contributed by atoms with Crippen LogP contribution in [0.4, 0.5) is 5.69 Å². The Hall–Kier alpha value is -1.59. The van der Waals surface area contributed by atoms with Gasteiger partial charge in [-0.1, -0.05) is 18.2 Å². The smallest absolute Gasteiger partial charge is 0.242 e. The van der Waals surface area contributed by atoms with Gasteiger partial charge in [0.1, 0.15) is 12.2 Å². The van der Waals surface area contributed by atoms with E-state index in [-0.39, 0.29) is 24.7 Å². The fourth-order valence-corrected chi connectivity index (χ4v) is 2.25. The van der Waals surface area contributed by atoms with E-state index in [1.807, 2.05) is 30.3 Å². The Balaban J connectivity index is 1.84. The predicted octanol–water partition coefficient (Wildman–Crippen LogP) is 0.971. The van der Waals surface area contributed by atoms with Crippen molar-refractivity contribution in [2.24, 2.45) is 0 Å². The van der Waals surface area contributed by atoms with Crippen molar-refractivity contribution in [3.05, 3.63) is 30.3 Å². The molecule has 0 aliphatic carbocycles. The molecule has 1 N–H and O–H groups in total. The summed E-state index contributed by atoms with van der Waals surface area (Å²) >= 11 is 0. The van der Waals surface area contributed by atoms with E-state index in [9.17, 15) is 4.79 Å². The number of nitrogens with zero attached hydrogens (tertiary/aromatic N) is 1. The largest absolute Gasteiger partial charge is 0.377 e. The number of carbonyl (C=O) groups excluding carboxylic acids is 1. The Labute approximate surface area is 113 Å². The number of likely N-dealkylation sites (tertiary alicyclic amines) is 1. The number of nitrogens with one attached hydrogen (secondary N) is 1. The van der Waals surface area contributed by atoms with E-state index < -0.39 is 0 Å². The monoisotopic (exact) mass is 264 g/mol. The average molecular weight is 264 g/mol. The SMILES string of the molecule is COC1CN(C(=O)CNc2ccccc2)CC1OC. The molecule has 0 bridgehead atoms. The van der Waals surface area contributed by atoms with Gasteiger partial charge in [0.05, 0.1) is 6.54 Å². The van der Waals surface area contributed by atoms with Crippen LogP contribution in [0.15, 0.2) is 30.3 Å². The van der Waals surface area contributed by atoms with Crippen LogP contribution < -0.4 is 5.32 Å². The minimum atomic E-state index is -0.0364. The topological polar surface area (TPSA) is 50.8 Å². The van der Waals surface area contributed by atoms with Gasteiger partial charge in [-0.2, -0.15) is 0 Å². The third-order valence-electron chi connectivity index (χ3n) is 3.39. The number of para-hydroxylation sites is 1. The second-order valence-corrected chi connectivity index (χ2v) is 4.57. The van der Waals surface area contributed by atoms with Gasteiger partial charge in [0, 0.05) is 33.0 Å². The highest BCUT2D eigenvalue weighted by Crippen LogP contribution is 2.16. The van der Waals surface area contributed by atoms with Gasteiger partial charge in [-0.15, -0.1) is 0 Å². The van der Waals surface area contributed by atoms with E-state index in [1.54, 1.807) is 19.1 Å². The second kappa shape index (κ2) is 6.54. The molecule has 0 radical (unpaired) electrons. The van der Waals surface area contributed by atoms with Crippen LogP contribution in [0.3, 0.4) is 0 Å². The molecule has 19 heavy (non-hydrogen) atoms. The number of hydrogen-bond acceptors (Lipinski definition) is 4. The third kappa shape index (κ3) is 3.45. The van der Waals surface area contributed by atoms with Crippen molar-refractivity contribution in [3.63, 3.8) is 0 Å². The number of rotatable bonds is 5. The number of benzene rings is 1. The van der Waals surface area contributed by atoms with E-state index in [2.05, 4.69) is 5.32 Å². The first kappa shape index (κ1) is 13.8. The zero-order chi connectivity index (χ0) is 13.7. The maximum absolute atomic E-state index is 12.1. The van der Waals surface area contributed by atoms with Crippen molar-refractivity contribution in [2.45, 2.75) is 12.2 Å². The summed E-state index contributed by atoms with van der Waals surface area (Å²) in [6.45, 7) is 1.46. The first-order chi connectivity index (χ1) is 9.24. The Bertz CT molecular complexity index is 398. The first-order valence-corrected chi connectivity index (χ1v) is 6.37. The Kier molecular flexibility index (Phi) is 4.76. The van der Waals surface area contributed by atoms with Crippen LogP contribution in [0.5, 0.6) is 0 Å². The first-order valence-electron chi connectivity index (χ1n) is 6.37. The molecule has 0 aromatic heterocycles. The summed E-state index contributed by atoms with van der Waals surface area (Å²) in [4.78, 5) is 13.9. The standard InChI is InChI=1S/C14H20N2O3/c1-18-12-9-16(10-13(12)19-2)14(17)8-15-11-6-4-3-5-7-11/h3-7,12-13,15H,8-10H2,1-2H3. The molecule has 2 rings (SSSR count). The molecule has 5 nitrogen and oxygen atoms in total. The molecule has 104 valence electrons. The molecule has 5 heteroatoms. The van der Waals surface area contributed by atoms with Crippen molar-refractivity contribution in [1.82, 2.24) is 4.90 Å². The molecule has 1 aromatic rings. The van der Waals surface area contributed by atoms with Crippen molar-refractivity contribution in [3.8, 4) is 0 Å². The van der Waals surface area contributed by atoms with Gasteiger partial charge in [0.2, 0.25) is 5.91 Å². The fraction of sp³-hybridized carbons (Fsp3) is 0.500. The van der Waals surface area contributed by atoms with Crippen LogP contribution in [-0.2, 0) is 14.3 Å². The number of amides is 1. The molecule has 1 aromatic carbocycles. The van der Waals surface area contributed by atoms with Crippen molar-refractivity contribution < 1.29 is 14.3 Å². The Morgan fingerprint density at radius 1 is 1.21 bits per heavy atom. The molecule has 2 unspecified atom stereocenters. The summed E-state index contributed by atoms with van der Waals surface area (Å²) in [6, 6.07) is 9.69. The summed E-state index contributed by atoms with van der Waals surface area (Å²) in [5, 5.41) is 3.11. The van der Waals surface area contributed by atoms with E-state index in [0.29, 0.717) is 13.1 Å². The van der Waals surface area contributed by atoms with Crippen molar-refractivity contribution in [1.29, 1.82) is 0 Å². The van der Waals surface area contributed by atoms with Gasteiger partial charge in [0.15, 0.2) is 0 Å². The fourth-order valence-electron chi connectivity index (χ4n) is 2.25. The summed E-state index contributed by atoms with van der Waals surface area (Å²) in [5.41, 5.74) is 0.946. The van der Waals surface area contributed by atoms with E-state index in [1.165, 1.54) is 0 Å². The van der Waals surface area contributed by atoms with Crippen LogP contribution >= 0.6 is 0 Å². The average Bonchev–Trinajstić information content (AvgIpc) is 2.89. The predicted molar refractivity (Wildman–Crippen MR) is 73.1 cm³/mol. The zero-order valence-corrected chi connectivity index (χ0v) is 11.3. The quantitative estimate of drug-likeness (QED) is 0.861. The lowest BCUT2D eigenvalue weighted by molar-refractivity contribution is -0.128. The lowest BCUT2D eigenvalue weighted by Gasteiger charge is -2.16. The molecule has 1 amide bonds. The number of methoxy groups -OCH3 is 2. The lowest BCUT2D eigenvalue weighted by atomic mass is 10.3. The van der Waals surface area contributed by atoms with Gasteiger partial charge in [-0.3, -0.25) is 4.79 Å². The molecule has 1 aliphatic rings. The number of anilines is 1. The summed E-state index contributed by atoms with van der Waals surface area (Å²) < 4.78 is 10.6. The highest BCUT2D eigenvalue weighted by atomic mass is 16.5. The van der Waals surface area contributed by atoms with Gasteiger partial charge < -0.3 is 19.7 Å². The number of carbonyl (C=O) groups is 1. The maximum Gasteiger partial charge on any atom is 0.242 e. The molecule has 1 heterocycles. The van der Waals surface area contributed by atoms with Gasteiger partial charge >= 0.3 is 0 Å². The number of ether oxygens (including phenoxy) is 2. The molecule has 0 saturated carbocycles. The molecule has 1 fully saturated rings. The van der Waals surface area contributed by atoms with E-state index in [0.717, 1.165) is 5.69 Å². The summed E-state index contributed by atoms with van der Waals surface area (Å²) in [6.07, 6.45) is -0.0728. The summed E-state index contributed by atoms with van der Waals surface area (Å²) in [7, 11) is 3.29. The van der Waals surface area contributed by atoms with Crippen LogP contribution in [0, 0.1) is 0 Å². The minimum absolute atomic E-state index is 0.0364. The van der Waals surface area contributed by atoms with Crippen LogP contribution in [0.2, 0.25) is 0 Å². The maximum atomic E-state index is 12.1. The Morgan fingerprint density at radius 2 is 1.79 bits per heavy atom. The van der Waals surface area contributed by atoms with Gasteiger partial charge in [-0.25, -0.2) is 0 Å². The lowest BCUT2D eigenvalue weighted by Crippen LogP contribution is -2.34. The molecule has 2 atom stereocenters. The minimum Gasteiger partial charge on any atom is -0.377 e. The molecular formula is C14H20N2O3. The molecular weight excluding hydrogens is 244 g/mol. The molecule has 1 aliphatic heterocycles. The normalized spacial score (nSPS) is 22.5. The zero-order valence-electron chi connectivity index (χ0n) is 11.3. The van der Waals surface area contributed by atoms with E-state index in [4.69, 9.17) is 9.47 Å². The van der Waals surface area contributed by atoms with Crippen LogP contribution in [0.1, 0.15) is 0 Å². The van der Waals surface area contributed by atoms with Crippen LogP contribution in [0.25, 0.3) is 0 Å². The van der Waals surface area contributed by atoms with E-state index >= 15 is 0 Å². The second-order valence-electron chi connectivity index (χ2n) is 4.57. The summed E-state index contributed by atoms with van der Waals surface area (Å²) in [5.74, 6) is 0.0606. The van der Waals surface area contributed by atoms with Gasteiger partial charge in [-0.05, 0) is 12.1 Å². The van der Waals surface area contributed by atoms with Crippen molar-refractivity contribution >= 4 is 11.6 Å². The van der Waals surface area contributed by atoms with Gasteiger partial charge in [0.25, 0.3) is 0 Å². The molecule has 0 spiro atoms. The highest BCUT2D eigenvalue weighted by molar-refractivity contribution is 5.81. The van der Waals surface area contributed by atoms with Crippen molar-refractivity contribution in [2.75, 3.05) is 39.2 Å². The number of hydrogen-bond donors (Lipinski definition) is 1. The van der Waals surface area contributed by atoms with Crippen LogP contribution in [-0.4, -0.2) is 56.9 Å². The third-order valence-corrected chi connectivity index (χ3v) is 3.39. The highest BCUT2D eigenvalue weighted by Gasteiger charge is 2.35. The molecule has 1 saturated heterocycles. The Morgan fingerprint density at radius 3 is 2.32 bits per heavy atom.